The number of amides is 3. The molecule has 0 aliphatic carbocycles. The highest BCUT2D eigenvalue weighted by Crippen LogP contribution is 2.32. The van der Waals surface area contributed by atoms with Crippen LogP contribution in [0.5, 0.6) is 0 Å². The second kappa shape index (κ2) is 11.8. The topological polar surface area (TPSA) is 146 Å². The highest BCUT2D eigenvalue weighted by molar-refractivity contribution is 6.38. The van der Waals surface area contributed by atoms with Crippen LogP contribution in [0.1, 0.15) is 69.2 Å². The minimum atomic E-state index is -1.02. The Morgan fingerprint density at radius 2 is 1.92 bits per heavy atom. The molecule has 3 amide bonds. The van der Waals surface area contributed by atoms with Crippen LogP contribution in [0.4, 0.5) is 4.79 Å². The maximum Gasteiger partial charge on any atom is 0.408 e. The minimum absolute atomic E-state index is 0.108. The van der Waals surface area contributed by atoms with Crippen LogP contribution >= 0.6 is 0 Å². The number of rotatable bonds is 10. The number of benzene rings is 1. The lowest BCUT2D eigenvalue weighted by Gasteiger charge is -2.26. The summed E-state index contributed by atoms with van der Waals surface area (Å²) in [6.45, 7) is 8.04. The van der Waals surface area contributed by atoms with Crippen molar-refractivity contribution < 1.29 is 23.9 Å². The van der Waals surface area contributed by atoms with E-state index in [0.717, 1.165) is 12.0 Å². The first-order valence-corrected chi connectivity index (χ1v) is 12.1. The van der Waals surface area contributed by atoms with E-state index in [1.54, 1.807) is 6.92 Å². The van der Waals surface area contributed by atoms with Crippen LogP contribution in [0.25, 0.3) is 0 Å². The molecule has 36 heavy (non-hydrogen) atoms. The number of unbranched alkanes of at least 4 members (excludes halogenated alkanes) is 1. The molecule has 0 radical (unpaired) electrons. The van der Waals surface area contributed by atoms with Gasteiger partial charge in [0.05, 0.1) is 12.6 Å². The fourth-order valence-corrected chi connectivity index (χ4v) is 4.15. The summed E-state index contributed by atoms with van der Waals surface area (Å²) in [4.78, 5) is 56.5. The van der Waals surface area contributed by atoms with E-state index in [9.17, 15) is 19.2 Å². The third-order valence-corrected chi connectivity index (χ3v) is 6.34. The number of nitrogens with zero attached hydrogens (tertiary/aromatic N) is 3. The van der Waals surface area contributed by atoms with Crippen molar-refractivity contribution in [2.75, 3.05) is 13.1 Å². The molecule has 3 rings (SSSR count). The summed E-state index contributed by atoms with van der Waals surface area (Å²) in [6.07, 6.45) is 1.57. The smallest absolute Gasteiger partial charge is 0.408 e. The summed E-state index contributed by atoms with van der Waals surface area (Å²) in [7, 11) is 0. The molecule has 0 spiro atoms. The molecule has 1 aromatic heterocycles. The van der Waals surface area contributed by atoms with E-state index in [2.05, 4.69) is 25.8 Å². The van der Waals surface area contributed by atoms with E-state index in [4.69, 9.17) is 4.74 Å². The van der Waals surface area contributed by atoms with Crippen LogP contribution in [0.3, 0.4) is 0 Å². The zero-order valence-corrected chi connectivity index (χ0v) is 21.1. The van der Waals surface area contributed by atoms with Crippen LogP contribution in [-0.2, 0) is 14.3 Å². The van der Waals surface area contributed by atoms with Crippen molar-refractivity contribution in [2.24, 2.45) is 5.41 Å². The van der Waals surface area contributed by atoms with Gasteiger partial charge in [0.25, 0.3) is 11.8 Å². The SMILES string of the molecule is CCCC[C@H](NC(=O)O[C@H]1CN(C(=O)c2ncn[nH]2)CC1(C)C)C(=O)C(=O)N[C@H](C)c1ccccc1. The van der Waals surface area contributed by atoms with E-state index in [1.165, 1.54) is 11.2 Å². The first-order chi connectivity index (χ1) is 17.1. The van der Waals surface area contributed by atoms with Crippen molar-refractivity contribution in [2.45, 2.75) is 65.1 Å². The largest absolute Gasteiger partial charge is 0.444 e. The summed E-state index contributed by atoms with van der Waals surface area (Å²) < 4.78 is 5.64. The summed E-state index contributed by atoms with van der Waals surface area (Å²) in [5.41, 5.74) is 0.336. The van der Waals surface area contributed by atoms with Gasteiger partial charge in [-0.25, -0.2) is 9.78 Å². The quantitative estimate of drug-likeness (QED) is 0.426. The molecule has 2 heterocycles. The maximum atomic E-state index is 12.9. The number of aromatic amines is 1. The Balaban J connectivity index is 1.61. The number of carbonyl (C=O) groups is 4. The van der Waals surface area contributed by atoms with Gasteiger partial charge < -0.3 is 20.3 Å². The molecule has 1 fully saturated rings. The van der Waals surface area contributed by atoms with Crippen LogP contribution in [0, 0.1) is 5.41 Å². The molecule has 0 unspecified atom stereocenters. The molecule has 3 atom stereocenters. The molecule has 1 aliphatic heterocycles. The highest BCUT2D eigenvalue weighted by Gasteiger charge is 2.45. The summed E-state index contributed by atoms with van der Waals surface area (Å²) in [5, 5.41) is 11.5. The van der Waals surface area contributed by atoms with Gasteiger partial charge in [0.2, 0.25) is 11.6 Å². The van der Waals surface area contributed by atoms with Crippen LogP contribution in [-0.4, -0.2) is 69.0 Å². The molecule has 3 N–H and O–H groups in total. The summed E-state index contributed by atoms with van der Waals surface area (Å²) >= 11 is 0. The van der Waals surface area contributed by atoms with Crippen molar-refractivity contribution in [3.05, 3.63) is 48.0 Å². The number of ketones is 1. The Hall–Kier alpha value is -3.76. The lowest BCUT2D eigenvalue weighted by Crippen LogP contribution is -2.49. The lowest BCUT2D eigenvalue weighted by molar-refractivity contribution is -0.139. The fraction of sp³-hybridized carbons (Fsp3) is 0.520. The van der Waals surface area contributed by atoms with Gasteiger partial charge in [-0.15, -0.1) is 0 Å². The second-order valence-electron chi connectivity index (χ2n) is 9.71. The van der Waals surface area contributed by atoms with Gasteiger partial charge >= 0.3 is 6.09 Å². The van der Waals surface area contributed by atoms with Gasteiger partial charge in [0.15, 0.2) is 0 Å². The molecule has 0 bridgehead atoms. The average Bonchev–Trinajstić information content (AvgIpc) is 3.49. The van der Waals surface area contributed by atoms with E-state index >= 15 is 0 Å². The van der Waals surface area contributed by atoms with Gasteiger partial charge in [-0.2, -0.15) is 5.10 Å². The molecule has 1 aromatic carbocycles. The van der Waals surface area contributed by atoms with Gasteiger partial charge in [-0.05, 0) is 18.9 Å². The predicted octanol–water partition coefficient (Wildman–Crippen LogP) is 2.39. The third kappa shape index (κ3) is 6.67. The van der Waals surface area contributed by atoms with Gasteiger partial charge in [-0.3, -0.25) is 19.5 Å². The summed E-state index contributed by atoms with van der Waals surface area (Å²) in [6, 6.07) is 7.91. The van der Waals surface area contributed by atoms with E-state index < -0.39 is 35.3 Å². The maximum absolute atomic E-state index is 12.9. The molecule has 194 valence electrons. The van der Waals surface area contributed by atoms with Gasteiger partial charge in [-0.1, -0.05) is 63.9 Å². The third-order valence-electron chi connectivity index (χ3n) is 6.34. The van der Waals surface area contributed by atoms with Crippen molar-refractivity contribution in [3.63, 3.8) is 0 Å². The Bertz CT molecular complexity index is 1060. The average molecular weight is 499 g/mol. The second-order valence-corrected chi connectivity index (χ2v) is 9.71. The standard InChI is InChI=1S/C25H34N6O5/c1-5-6-12-18(20(32)22(33)28-16(2)17-10-8-7-9-11-17)29-24(35)36-19-13-31(14-25(19,3)4)23(34)21-26-15-27-30-21/h7-11,15-16,18-19H,5-6,12-14H2,1-4H3,(H,28,33)(H,29,35)(H,26,27,30)/t16-,18+,19+/m1/s1. The van der Waals surface area contributed by atoms with Gasteiger partial charge in [0, 0.05) is 12.0 Å². The highest BCUT2D eigenvalue weighted by atomic mass is 16.6. The Labute approximate surface area is 210 Å². The molecule has 0 saturated carbocycles. The minimum Gasteiger partial charge on any atom is -0.444 e. The van der Waals surface area contributed by atoms with Crippen LogP contribution in [0.15, 0.2) is 36.7 Å². The van der Waals surface area contributed by atoms with Crippen LogP contribution in [0.2, 0.25) is 0 Å². The van der Waals surface area contributed by atoms with Gasteiger partial charge in [0.1, 0.15) is 18.5 Å². The predicted molar refractivity (Wildman–Crippen MR) is 131 cm³/mol. The molecule has 1 saturated heterocycles. The molecular formula is C25H34N6O5. The van der Waals surface area contributed by atoms with E-state index in [0.29, 0.717) is 19.4 Å². The molecular weight excluding hydrogens is 464 g/mol. The molecule has 1 aliphatic rings. The normalized spacial score (nSPS) is 18.2. The molecule has 2 aromatic rings. The number of nitrogens with one attached hydrogen (secondary N) is 3. The number of Topliss-reactive ketones (excluding diaryl/α,β-unsaturated/α-hetero) is 1. The van der Waals surface area contributed by atoms with Crippen molar-refractivity contribution in [1.29, 1.82) is 0 Å². The van der Waals surface area contributed by atoms with Crippen LogP contribution < -0.4 is 10.6 Å². The number of carbonyl (C=O) groups excluding carboxylic acids is 4. The monoisotopic (exact) mass is 498 g/mol. The Morgan fingerprint density at radius 1 is 1.19 bits per heavy atom. The number of likely N-dealkylation sites (tertiary alicyclic amines) is 1. The number of aromatic nitrogens is 3. The van der Waals surface area contributed by atoms with Crippen molar-refractivity contribution in [1.82, 2.24) is 30.7 Å². The molecule has 11 heteroatoms. The summed E-state index contributed by atoms with van der Waals surface area (Å²) in [5.74, 6) is -1.72. The zero-order valence-electron chi connectivity index (χ0n) is 21.1. The molecule has 11 nitrogen and oxygen atoms in total. The zero-order chi connectivity index (χ0) is 26.3. The fourth-order valence-electron chi connectivity index (χ4n) is 4.15. The van der Waals surface area contributed by atoms with Crippen molar-refractivity contribution in [3.8, 4) is 0 Å². The number of H-pyrrole nitrogens is 1. The van der Waals surface area contributed by atoms with E-state index in [1.807, 2.05) is 51.1 Å². The first-order valence-electron chi connectivity index (χ1n) is 12.1. The number of ether oxygens (including phenoxy) is 1. The Morgan fingerprint density at radius 3 is 2.56 bits per heavy atom. The first kappa shape index (κ1) is 26.8. The Kier molecular flexibility index (Phi) is 8.78. The number of alkyl carbamates (subject to hydrolysis) is 1. The van der Waals surface area contributed by atoms with Crippen molar-refractivity contribution >= 4 is 23.7 Å². The number of hydrogen-bond acceptors (Lipinski definition) is 7. The van der Waals surface area contributed by atoms with E-state index in [-0.39, 0.29) is 24.3 Å². The lowest BCUT2D eigenvalue weighted by atomic mass is 9.90. The number of hydrogen-bond donors (Lipinski definition) is 3.